The molecule has 1 saturated heterocycles. The SMILES string of the molecule is C[C@H]1CNCCOCCNC[C@H](C)NC(=O)COCCOCC(=O)N1. The molecule has 9 nitrogen and oxygen atoms in total. The monoisotopic (exact) mass is 360 g/mol. The van der Waals surface area contributed by atoms with Gasteiger partial charge in [0.25, 0.3) is 0 Å². The molecule has 4 N–H and O–H groups in total. The summed E-state index contributed by atoms with van der Waals surface area (Å²) >= 11 is 0. The maximum absolute atomic E-state index is 11.7. The Bertz CT molecular complexity index is 350. The Morgan fingerprint density at radius 2 is 1.16 bits per heavy atom. The van der Waals surface area contributed by atoms with E-state index in [0.29, 0.717) is 26.3 Å². The normalized spacial score (nSPS) is 27.6. The van der Waals surface area contributed by atoms with Crippen molar-refractivity contribution in [3.8, 4) is 0 Å². The Kier molecular flexibility index (Phi) is 12.2. The number of ether oxygens (including phenoxy) is 3. The van der Waals surface area contributed by atoms with E-state index in [9.17, 15) is 9.59 Å². The van der Waals surface area contributed by atoms with Crippen LogP contribution in [-0.4, -0.2) is 89.7 Å². The number of carbonyl (C=O) groups is 2. The summed E-state index contributed by atoms with van der Waals surface area (Å²) in [5.41, 5.74) is 0. The second-order valence-corrected chi connectivity index (χ2v) is 6.06. The van der Waals surface area contributed by atoms with Crippen molar-refractivity contribution in [3.63, 3.8) is 0 Å². The molecule has 0 aromatic heterocycles. The fourth-order valence-electron chi connectivity index (χ4n) is 2.21. The first-order chi connectivity index (χ1) is 12.1. The fourth-order valence-corrected chi connectivity index (χ4v) is 2.21. The van der Waals surface area contributed by atoms with Crippen molar-refractivity contribution in [2.45, 2.75) is 25.9 Å². The Labute approximate surface area is 149 Å². The summed E-state index contributed by atoms with van der Waals surface area (Å²) in [6.07, 6.45) is 0. The molecule has 25 heavy (non-hydrogen) atoms. The Morgan fingerprint density at radius 3 is 1.60 bits per heavy atom. The third-order valence-corrected chi connectivity index (χ3v) is 3.40. The molecular weight excluding hydrogens is 328 g/mol. The van der Waals surface area contributed by atoms with Crippen LogP contribution in [-0.2, 0) is 23.8 Å². The van der Waals surface area contributed by atoms with Gasteiger partial charge in [-0.05, 0) is 13.8 Å². The molecule has 9 heteroatoms. The van der Waals surface area contributed by atoms with E-state index in [1.54, 1.807) is 0 Å². The van der Waals surface area contributed by atoms with Gasteiger partial charge in [0.2, 0.25) is 11.8 Å². The first-order valence-corrected chi connectivity index (χ1v) is 8.81. The van der Waals surface area contributed by atoms with Crippen LogP contribution in [0.3, 0.4) is 0 Å². The van der Waals surface area contributed by atoms with E-state index in [4.69, 9.17) is 14.2 Å². The van der Waals surface area contributed by atoms with Gasteiger partial charge in [0, 0.05) is 38.3 Å². The van der Waals surface area contributed by atoms with Gasteiger partial charge in [-0.25, -0.2) is 0 Å². The molecule has 0 saturated carbocycles. The van der Waals surface area contributed by atoms with Crippen molar-refractivity contribution in [1.82, 2.24) is 21.3 Å². The van der Waals surface area contributed by atoms with Crippen molar-refractivity contribution < 1.29 is 23.8 Å². The van der Waals surface area contributed by atoms with Crippen molar-refractivity contribution in [1.29, 1.82) is 0 Å². The van der Waals surface area contributed by atoms with Gasteiger partial charge in [-0.2, -0.15) is 0 Å². The molecule has 1 aliphatic heterocycles. The maximum Gasteiger partial charge on any atom is 0.246 e. The number of hydrogen-bond acceptors (Lipinski definition) is 7. The van der Waals surface area contributed by atoms with Crippen LogP contribution in [0.1, 0.15) is 13.8 Å². The average Bonchev–Trinajstić information content (AvgIpc) is 2.55. The average molecular weight is 360 g/mol. The maximum atomic E-state index is 11.7. The molecule has 146 valence electrons. The lowest BCUT2D eigenvalue weighted by Gasteiger charge is -2.15. The largest absolute Gasteiger partial charge is 0.379 e. The molecule has 1 rings (SSSR count). The van der Waals surface area contributed by atoms with E-state index < -0.39 is 0 Å². The van der Waals surface area contributed by atoms with E-state index >= 15 is 0 Å². The molecule has 2 atom stereocenters. The lowest BCUT2D eigenvalue weighted by atomic mass is 10.3. The van der Waals surface area contributed by atoms with Gasteiger partial charge in [0.05, 0.1) is 26.4 Å². The zero-order valence-electron chi connectivity index (χ0n) is 15.3. The Balaban J connectivity index is 2.32. The van der Waals surface area contributed by atoms with Gasteiger partial charge in [-0.3, -0.25) is 9.59 Å². The minimum Gasteiger partial charge on any atom is -0.379 e. The summed E-state index contributed by atoms with van der Waals surface area (Å²) < 4.78 is 16.0. The van der Waals surface area contributed by atoms with Crippen molar-refractivity contribution >= 4 is 11.8 Å². The highest BCUT2D eigenvalue weighted by Gasteiger charge is 2.09. The highest BCUT2D eigenvalue weighted by atomic mass is 16.5. The predicted molar refractivity (Wildman–Crippen MR) is 93.4 cm³/mol. The van der Waals surface area contributed by atoms with Gasteiger partial charge >= 0.3 is 0 Å². The van der Waals surface area contributed by atoms with E-state index in [2.05, 4.69) is 21.3 Å². The molecule has 0 spiro atoms. The van der Waals surface area contributed by atoms with Crippen LogP contribution in [0.5, 0.6) is 0 Å². The third-order valence-electron chi connectivity index (χ3n) is 3.40. The van der Waals surface area contributed by atoms with E-state index in [-0.39, 0.29) is 50.3 Å². The predicted octanol–water partition coefficient (Wildman–Crippen LogP) is -1.76. The minimum atomic E-state index is -0.172. The lowest BCUT2D eigenvalue weighted by Crippen LogP contribution is -2.42. The Hall–Kier alpha value is -1.26. The molecule has 1 aliphatic rings. The minimum absolute atomic E-state index is 0.00769. The zero-order valence-corrected chi connectivity index (χ0v) is 15.3. The summed E-state index contributed by atoms with van der Waals surface area (Å²) in [7, 11) is 0. The molecule has 0 bridgehead atoms. The quantitative estimate of drug-likeness (QED) is 0.405. The van der Waals surface area contributed by atoms with Crippen LogP contribution in [0.15, 0.2) is 0 Å². The summed E-state index contributed by atoms with van der Waals surface area (Å²) in [5, 5.41) is 12.1. The smallest absolute Gasteiger partial charge is 0.246 e. The highest BCUT2D eigenvalue weighted by molar-refractivity contribution is 5.77. The zero-order chi connectivity index (χ0) is 18.3. The van der Waals surface area contributed by atoms with Crippen LogP contribution in [0.2, 0.25) is 0 Å². The molecule has 2 amide bonds. The van der Waals surface area contributed by atoms with Crippen LogP contribution >= 0.6 is 0 Å². The second kappa shape index (κ2) is 14.0. The van der Waals surface area contributed by atoms with Gasteiger partial charge in [0.15, 0.2) is 0 Å². The molecule has 1 heterocycles. The number of rotatable bonds is 0. The van der Waals surface area contributed by atoms with Crippen LogP contribution in [0.4, 0.5) is 0 Å². The number of amides is 2. The summed E-state index contributed by atoms with van der Waals surface area (Å²) in [4.78, 5) is 23.4. The van der Waals surface area contributed by atoms with Gasteiger partial charge in [0.1, 0.15) is 13.2 Å². The van der Waals surface area contributed by atoms with Crippen LogP contribution in [0, 0.1) is 0 Å². The molecule has 0 radical (unpaired) electrons. The molecule has 0 aliphatic carbocycles. The van der Waals surface area contributed by atoms with E-state index in [0.717, 1.165) is 13.1 Å². The van der Waals surface area contributed by atoms with Crippen LogP contribution in [0.25, 0.3) is 0 Å². The molecule has 1 fully saturated rings. The highest BCUT2D eigenvalue weighted by Crippen LogP contribution is 1.86. The standard InChI is InChI=1S/C16H32N4O5/c1-13-9-17-3-5-23-6-4-18-10-14(2)20-16(22)12-25-8-7-24-11-15(21)19-13/h13-14,17-18H,3-12H2,1-2H3,(H,19,21)(H,20,22)/t13-,14-/m0/s1. The topological polar surface area (TPSA) is 110 Å². The molecule has 0 aromatic carbocycles. The van der Waals surface area contributed by atoms with Crippen molar-refractivity contribution in [2.24, 2.45) is 0 Å². The van der Waals surface area contributed by atoms with Crippen molar-refractivity contribution in [3.05, 3.63) is 0 Å². The first kappa shape index (κ1) is 21.8. The summed E-state index contributed by atoms with van der Waals surface area (Å²) in [5.74, 6) is -0.344. The Morgan fingerprint density at radius 1 is 0.720 bits per heavy atom. The molecular formula is C16H32N4O5. The number of hydrogen-bond donors (Lipinski definition) is 4. The van der Waals surface area contributed by atoms with Crippen LogP contribution < -0.4 is 21.3 Å². The summed E-state index contributed by atoms with van der Waals surface area (Å²) in [6.45, 7) is 8.33. The molecule has 0 aromatic rings. The second-order valence-electron chi connectivity index (χ2n) is 6.06. The first-order valence-electron chi connectivity index (χ1n) is 8.81. The fraction of sp³-hybridized carbons (Fsp3) is 0.875. The molecule has 0 unspecified atom stereocenters. The van der Waals surface area contributed by atoms with Gasteiger partial charge in [-0.1, -0.05) is 0 Å². The van der Waals surface area contributed by atoms with E-state index in [1.165, 1.54) is 0 Å². The number of nitrogens with one attached hydrogen (secondary N) is 4. The summed E-state index contributed by atoms with van der Waals surface area (Å²) in [6, 6.07) is 0.0154. The van der Waals surface area contributed by atoms with Gasteiger partial charge < -0.3 is 35.5 Å². The van der Waals surface area contributed by atoms with Gasteiger partial charge in [-0.15, -0.1) is 0 Å². The number of carbonyl (C=O) groups excluding carboxylic acids is 2. The lowest BCUT2D eigenvalue weighted by molar-refractivity contribution is -0.129. The van der Waals surface area contributed by atoms with Crippen molar-refractivity contribution in [2.75, 3.05) is 65.8 Å². The van der Waals surface area contributed by atoms with E-state index in [1.807, 2.05) is 13.8 Å². The third kappa shape index (κ3) is 12.7.